The minimum atomic E-state index is -3.53. The largest absolute Gasteiger partial charge is 0.355 e. The molecule has 0 atom stereocenters. The van der Waals surface area contributed by atoms with E-state index < -0.39 is 10.0 Å². The molecule has 1 aliphatic heterocycles. The van der Waals surface area contributed by atoms with Crippen LogP contribution in [0.15, 0.2) is 53.4 Å². The van der Waals surface area contributed by atoms with Crippen molar-refractivity contribution in [1.29, 1.82) is 0 Å². The van der Waals surface area contributed by atoms with Crippen LogP contribution in [0.3, 0.4) is 0 Å². The summed E-state index contributed by atoms with van der Waals surface area (Å²) >= 11 is 6.05. The maximum Gasteiger partial charge on any atom is 0.243 e. The van der Waals surface area contributed by atoms with Gasteiger partial charge in [-0.05, 0) is 57.0 Å². The molecule has 174 valence electrons. The second kappa shape index (κ2) is 9.79. The normalized spacial score (nSPS) is 15.5. The molecule has 6 nitrogen and oxygen atoms in total. The lowest BCUT2D eigenvalue weighted by molar-refractivity contribution is 0.433. The van der Waals surface area contributed by atoms with Crippen LogP contribution in [0.2, 0.25) is 5.02 Å². The van der Waals surface area contributed by atoms with E-state index in [1.807, 2.05) is 57.2 Å². The topological polar surface area (TPSA) is 66.4 Å². The highest BCUT2D eigenvalue weighted by Gasteiger charge is 2.28. The van der Waals surface area contributed by atoms with E-state index in [0.717, 1.165) is 47.0 Å². The van der Waals surface area contributed by atoms with Gasteiger partial charge in [-0.3, -0.25) is 0 Å². The second-order valence-electron chi connectivity index (χ2n) is 8.52. The summed E-state index contributed by atoms with van der Waals surface area (Å²) < 4.78 is 28.0. The fraction of sp³-hybridized carbons (Fsp3) is 0.360. The van der Waals surface area contributed by atoms with Crippen molar-refractivity contribution in [2.45, 2.75) is 38.5 Å². The maximum absolute atomic E-state index is 13.2. The number of aryl methyl sites for hydroxylation is 3. The number of aromatic nitrogens is 2. The average molecular weight is 485 g/mol. The smallest absolute Gasteiger partial charge is 0.243 e. The summed E-state index contributed by atoms with van der Waals surface area (Å²) in [4.78, 5) is 11.9. The fourth-order valence-corrected chi connectivity index (χ4v) is 5.79. The first-order valence-electron chi connectivity index (χ1n) is 11.1. The Hall–Kier alpha value is -2.48. The van der Waals surface area contributed by atoms with Crippen molar-refractivity contribution in [3.8, 4) is 0 Å². The predicted octanol–water partition coefficient (Wildman–Crippen LogP) is 4.55. The molecule has 1 aromatic heterocycles. The summed E-state index contributed by atoms with van der Waals surface area (Å²) in [6.07, 6.45) is 1.42. The molecule has 4 rings (SSSR count). The molecule has 33 heavy (non-hydrogen) atoms. The molecule has 0 radical (unpaired) electrons. The second-order valence-corrected chi connectivity index (χ2v) is 10.9. The van der Waals surface area contributed by atoms with Crippen LogP contribution in [-0.4, -0.2) is 48.9 Å². The molecule has 0 bridgehead atoms. The first-order valence-corrected chi connectivity index (χ1v) is 13.0. The van der Waals surface area contributed by atoms with Gasteiger partial charge in [0.25, 0.3) is 0 Å². The lowest BCUT2D eigenvalue weighted by Crippen LogP contribution is -2.35. The van der Waals surface area contributed by atoms with Gasteiger partial charge in [0, 0.05) is 48.9 Å². The summed E-state index contributed by atoms with van der Waals surface area (Å²) in [5.74, 6) is 1.61. The van der Waals surface area contributed by atoms with E-state index in [0.29, 0.717) is 36.0 Å². The summed E-state index contributed by atoms with van der Waals surface area (Å²) in [5.41, 5.74) is 4.19. The van der Waals surface area contributed by atoms with Crippen LogP contribution in [0.25, 0.3) is 0 Å². The zero-order chi connectivity index (χ0) is 23.6. The number of sulfonamides is 1. The van der Waals surface area contributed by atoms with Crippen LogP contribution < -0.4 is 4.90 Å². The predicted molar refractivity (Wildman–Crippen MR) is 133 cm³/mol. The fourth-order valence-electron chi connectivity index (χ4n) is 4.20. The molecule has 0 unspecified atom stereocenters. The number of halogens is 1. The van der Waals surface area contributed by atoms with Gasteiger partial charge < -0.3 is 4.90 Å². The third kappa shape index (κ3) is 5.37. The highest BCUT2D eigenvalue weighted by molar-refractivity contribution is 7.89. The Morgan fingerprint density at radius 1 is 0.879 bits per heavy atom. The van der Waals surface area contributed by atoms with Gasteiger partial charge in [0.2, 0.25) is 10.0 Å². The number of rotatable bonds is 5. The van der Waals surface area contributed by atoms with Gasteiger partial charge in [0.05, 0.1) is 4.90 Å². The zero-order valence-electron chi connectivity index (χ0n) is 19.3. The van der Waals surface area contributed by atoms with Crippen LogP contribution in [0.4, 0.5) is 5.82 Å². The van der Waals surface area contributed by atoms with Crippen molar-refractivity contribution < 1.29 is 8.42 Å². The first kappa shape index (κ1) is 23.7. The Balaban J connectivity index is 1.59. The van der Waals surface area contributed by atoms with Crippen molar-refractivity contribution in [3.05, 3.63) is 81.8 Å². The number of hydrogen-bond donors (Lipinski definition) is 0. The zero-order valence-corrected chi connectivity index (χ0v) is 20.8. The standard InChI is InChI=1S/C25H29ClN4O2S/c1-18-5-11-23(12-6-18)33(31,32)30-14-4-13-29(15-16-30)25-24(19(2)27-20(3)28-25)17-21-7-9-22(26)10-8-21/h5-12H,4,13-17H2,1-3H3. The summed E-state index contributed by atoms with van der Waals surface area (Å²) in [6, 6.07) is 14.9. The molecular formula is C25H29ClN4O2S. The van der Waals surface area contributed by atoms with Crippen molar-refractivity contribution in [2.75, 3.05) is 31.1 Å². The van der Waals surface area contributed by atoms with E-state index in [9.17, 15) is 8.42 Å². The minimum absolute atomic E-state index is 0.346. The Bertz CT molecular complexity index is 1230. The lowest BCUT2D eigenvalue weighted by Gasteiger charge is -2.26. The van der Waals surface area contributed by atoms with Crippen LogP contribution in [0.1, 0.15) is 34.6 Å². The lowest BCUT2D eigenvalue weighted by atomic mass is 10.0. The number of nitrogens with zero attached hydrogens (tertiary/aromatic N) is 4. The minimum Gasteiger partial charge on any atom is -0.355 e. The van der Waals surface area contributed by atoms with Gasteiger partial charge in [-0.2, -0.15) is 4.31 Å². The Morgan fingerprint density at radius 2 is 1.58 bits per heavy atom. The third-order valence-corrected chi connectivity index (χ3v) is 8.18. The Morgan fingerprint density at radius 3 is 2.27 bits per heavy atom. The molecule has 0 N–H and O–H groups in total. The monoisotopic (exact) mass is 484 g/mol. The van der Waals surface area contributed by atoms with Gasteiger partial charge >= 0.3 is 0 Å². The van der Waals surface area contributed by atoms with E-state index in [2.05, 4.69) is 9.88 Å². The Labute approximate surface area is 201 Å². The summed E-state index contributed by atoms with van der Waals surface area (Å²) in [5, 5.41) is 0.707. The van der Waals surface area contributed by atoms with Gasteiger partial charge in [0.15, 0.2) is 0 Å². The van der Waals surface area contributed by atoms with Crippen molar-refractivity contribution in [2.24, 2.45) is 0 Å². The van der Waals surface area contributed by atoms with E-state index in [1.165, 1.54) is 0 Å². The molecule has 1 aliphatic rings. The van der Waals surface area contributed by atoms with Crippen molar-refractivity contribution >= 4 is 27.4 Å². The highest BCUT2D eigenvalue weighted by Crippen LogP contribution is 2.27. The van der Waals surface area contributed by atoms with Gasteiger partial charge in [-0.25, -0.2) is 18.4 Å². The molecule has 0 amide bonds. The molecule has 0 spiro atoms. The Kier molecular flexibility index (Phi) is 7.02. The molecule has 8 heteroatoms. The van der Waals surface area contributed by atoms with E-state index in [1.54, 1.807) is 16.4 Å². The van der Waals surface area contributed by atoms with E-state index in [-0.39, 0.29) is 0 Å². The molecule has 0 saturated carbocycles. The third-order valence-electron chi connectivity index (χ3n) is 6.01. The average Bonchev–Trinajstić information content (AvgIpc) is 3.04. The maximum atomic E-state index is 13.2. The molecule has 1 fully saturated rings. The van der Waals surface area contributed by atoms with Crippen LogP contribution in [-0.2, 0) is 16.4 Å². The molecular weight excluding hydrogens is 456 g/mol. The SMILES string of the molecule is Cc1ccc(S(=O)(=O)N2CCCN(c3nc(C)nc(C)c3Cc3ccc(Cl)cc3)CC2)cc1. The molecule has 1 saturated heterocycles. The van der Waals surface area contributed by atoms with Crippen LogP contribution >= 0.6 is 11.6 Å². The van der Waals surface area contributed by atoms with Gasteiger partial charge in [0.1, 0.15) is 11.6 Å². The number of benzene rings is 2. The molecule has 2 heterocycles. The van der Waals surface area contributed by atoms with E-state index in [4.69, 9.17) is 16.6 Å². The highest BCUT2D eigenvalue weighted by atomic mass is 35.5. The number of hydrogen-bond acceptors (Lipinski definition) is 5. The summed E-state index contributed by atoms with van der Waals surface area (Å²) in [6.45, 7) is 8.08. The van der Waals surface area contributed by atoms with Gasteiger partial charge in [-0.15, -0.1) is 0 Å². The first-order chi connectivity index (χ1) is 15.7. The van der Waals surface area contributed by atoms with Crippen LogP contribution in [0, 0.1) is 20.8 Å². The number of anilines is 1. The molecule has 2 aromatic carbocycles. The van der Waals surface area contributed by atoms with Gasteiger partial charge in [-0.1, -0.05) is 41.4 Å². The van der Waals surface area contributed by atoms with Crippen LogP contribution in [0.5, 0.6) is 0 Å². The van der Waals surface area contributed by atoms with E-state index >= 15 is 0 Å². The van der Waals surface area contributed by atoms with Crippen molar-refractivity contribution in [3.63, 3.8) is 0 Å². The van der Waals surface area contributed by atoms with Crippen molar-refractivity contribution in [1.82, 2.24) is 14.3 Å². The molecule has 3 aromatic rings. The quantitative estimate of drug-likeness (QED) is 0.531. The summed E-state index contributed by atoms with van der Waals surface area (Å²) in [7, 11) is -3.53. The molecule has 0 aliphatic carbocycles.